The molecule has 1 aliphatic rings. The summed E-state index contributed by atoms with van der Waals surface area (Å²) in [5, 5.41) is 0.747. The molecule has 0 atom stereocenters. The van der Waals surface area contributed by atoms with Crippen molar-refractivity contribution in [2.75, 3.05) is 34.7 Å². The zero-order chi connectivity index (χ0) is 23.8. The third-order valence-electron chi connectivity index (χ3n) is 6.09. The van der Waals surface area contributed by atoms with Gasteiger partial charge in [0.25, 0.3) is 0 Å². The van der Waals surface area contributed by atoms with Crippen molar-refractivity contribution in [1.82, 2.24) is 19.5 Å². The molecule has 176 valence electrons. The van der Waals surface area contributed by atoms with Crippen molar-refractivity contribution in [1.29, 1.82) is 0 Å². The lowest BCUT2D eigenvalue weighted by atomic mass is 10.1. The fourth-order valence-electron chi connectivity index (χ4n) is 4.53. The summed E-state index contributed by atoms with van der Waals surface area (Å²) in [5.74, 6) is 3.92. The summed E-state index contributed by atoms with van der Waals surface area (Å²) in [6.07, 6.45) is 4.94. The molecule has 0 bridgehead atoms. The molecule has 34 heavy (non-hydrogen) atoms. The molecule has 2 heterocycles. The van der Waals surface area contributed by atoms with Gasteiger partial charge in [0.1, 0.15) is 11.6 Å². The number of imidazole rings is 1. The number of rotatable bonds is 7. The zero-order valence-electron chi connectivity index (χ0n) is 19.8. The number of thioether (sulfide) groups is 1. The lowest BCUT2D eigenvalue weighted by Crippen LogP contribution is -2.08. The van der Waals surface area contributed by atoms with E-state index in [0.717, 1.165) is 63.8 Å². The maximum Gasteiger partial charge on any atom is 0.204 e. The maximum absolute atomic E-state index is 5.81. The van der Waals surface area contributed by atoms with Crippen LogP contribution in [0.25, 0.3) is 28.2 Å². The minimum atomic E-state index is 0.511. The van der Waals surface area contributed by atoms with E-state index in [1.165, 1.54) is 0 Å². The lowest BCUT2D eigenvalue weighted by Gasteiger charge is -2.18. The normalized spacial score (nSPS) is 12.6. The Morgan fingerprint density at radius 3 is 2.38 bits per heavy atom. The smallest absolute Gasteiger partial charge is 0.204 e. The summed E-state index contributed by atoms with van der Waals surface area (Å²) in [4.78, 5) is 14.8. The van der Waals surface area contributed by atoms with Crippen LogP contribution in [-0.4, -0.2) is 54.2 Å². The number of hydrogen-bond donors (Lipinski definition) is 0. The highest BCUT2D eigenvalue weighted by Crippen LogP contribution is 2.45. The third-order valence-corrected chi connectivity index (χ3v) is 6.64. The topological polar surface area (TPSA) is 80.5 Å². The van der Waals surface area contributed by atoms with Crippen LogP contribution in [0.3, 0.4) is 0 Å². The first-order valence-corrected chi connectivity index (χ1v) is 12.2. The van der Waals surface area contributed by atoms with E-state index in [2.05, 4.69) is 4.57 Å². The Bertz CT molecular complexity index is 1390. The Morgan fingerprint density at radius 2 is 1.68 bits per heavy atom. The average molecular weight is 479 g/mol. The van der Waals surface area contributed by atoms with Crippen molar-refractivity contribution < 1.29 is 18.9 Å². The zero-order valence-corrected chi connectivity index (χ0v) is 20.7. The predicted octanol–water partition coefficient (Wildman–Crippen LogP) is 4.73. The summed E-state index contributed by atoms with van der Waals surface area (Å²) < 4.78 is 24.5. The summed E-state index contributed by atoms with van der Waals surface area (Å²) in [7, 11) is 6.47. The van der Waals surface area contributed by atoms with Gasteiger partial charge in [-0.1, -0.05) is 11.8 Å². The van der Waals surface area contributed by atoms with Crippen LogP contribution in [0.15, 0.2) is 35.5 Å². The number of ether oxygens (including phenoxy) is 4. The second-order valence-electron chi connectivity index (χ2n) is 7.82. The van der Waals surface area contributed by atoms with Crippen LogP contribution < -0.4 is 18.9 Å². The fraction of sp³-hybridized carbons (Fsp3) is 0.320. The molecule has 0 radical (unpaired) electrons. The number of hydrogen-bond acceptors (Lipinski definition) is 8. The van der Waals surface area contributed by atoms with Crippen LogP contribution in [0.4, 0.5) is 0 Å². The molecule has 0 N–H and O–H groups in total. The summed E-state index contributed by atoms with van der Waals surface area (Å²) in [6.45, 7) is 0. The molecule has 0 amide bonds. The maximum atomic E-state index is 5.81. The molecular formula is C25H26N4O4S. The minimum absolute atomic E-state index is 0.511. The van der Waals surface area contributed by atoms with Gasteiger partial charge in [-0.2, -0.15) is 0 Å². The van der Waals surface area contributed by atoms with Gasteiger partial charge in [-0.15, -0.1) is 0 Å². The first-order valence-electron chi connectivity index (χ1n) is 10.9. The van der Waals surface area contributed by atoms with E-state index in [9.17, 15) is 0 Å². The van der Waals surface area contributed by atoms with Crippen molar-refractivity contribution in [3.8, 4) is 40.2 Å². The highest BCUT2D eigenvalue weighted by molar-refractivity contribution is 7.98. The van der Waals surface area contributed by atoms with Crippen molar-refractivity contribution in [2.24, 2.45) is 0 Å². The quantitative estimate of drug-likeness (QED) is 0.279. The summed E-state index contributed by atoms with van der Waals surface area (Å²) >= 11 is 1.54. The lowest BCUT2D eigenvalue weighted by molar-refractivity contribution is 0.325. The molecule has 9 heteroatoms. The van der Waals surface area contributed by atoms with Crippen molar-refractivity contribution in [3.05, 3.63) is 41.6 Å². The van der Waals surface area contributed by atoms with E-state index in [1.54, 1.807) is 40.2 Å². The molecule has 0 spiro atoms. The van der Waals surface area contributed by atoms with E-state index in [0.29, 0.717) is 23.1 Å². The first kappa shape index (κ1) is 22.3. The van der Waals surface area contributed by atoms with E-state index in [1.807, 2.05) is 36.6 Å². The first-order chi connectivity index (χ1) is 16.6. The molecule has 2 aromatic carbocycles. The number of methoxy groups -OCH3 is 4. The molecule has 0 unspecified atom stereocenters. The van der Waals surface area contributed by atoms with Crippen molar-refractivity contribution in [2.45, 2.75) is 24.4 Å². The Balaban J connectivity index is 1.87. The van der Waals surface area contributed by atoms with Gasteiger partial charge in [0.15, 0.2) is 22.5 Å². The molecule has 4 aromatic rings. The van der Waals surface area contributed by atoms with Gasteiger partial charge in [-0.25, -0.2) is 15.0 Å². The van der Waals surface area contributed by atoms with Crippen LogP contribution in [0.5, 0.6) is 23.0 Å². The highest BCUT2D eigenvalue weighted by atomic mass is 32.2. The van der Waals surface area contributed by atoms with E-state index >= 15 is 0 Å². The number of benzene rings is 2. The predicted molar refractivity (Wildman–Crippen MR) is 132 cm³/mol. The molecule has 8 nitrogen and oxygen atoms in total. The molecule has 0 fully saturated rings. The van der Waals surface area contributed by atoms with Crippen LogP contribution in [0.2, 0.25) is 0 Å². The number of fused-ring (bicyclic) bond motifs is 2. The van der Waals surface area contributed by atoms with Crippen LogP contribution in [0.1, 0.15) is 17.7 Å². The average Bonchev–Trinajstić information content (AvgIpc) is 3.51. The van der Waals surface area contributed by atoms with E-state index in [4.69, 9.17) is 33.9 Å². The van der Waals surface area contributed by atoms with Crippen molar-refractivity contribution >= 4 is 22.8 Å². The van der Waals surface area contributed by atoms with Crippen LogP contribution >= 0.6 is 11.8 Å². The Labute approximate surface area is 202 Å². The van der Waals surface area contributed by atoms with Gasteiger partial charge in [0.2, 0.25) is 5.75 Å². The van der Waals surface area contributed by atoms with Crippen LogP contribution in [-0.2, 0) is 12.8 Å². The largest absolute Gasteiger partial charge is 0.497 e. The van der Waals surface area contributed by atoms with Gasteiger partial charge in [-0.3, -0.25) is 4.57 Å². The number of aromatic nitrogens is 4. The molecule has 2 aromatic heterocycles. The monoisotopic (exact) mass is 478 g/mol. The number of nitrogens with zero attached hydrogens (tertiary/aromatic N) is 4. The molecule has 5 rings (SSSR count). The third kappa shape index (κ3) is 3.51. The van der Waals surface area contributed by atoms with Gasteiger partial charge >= 0.3 is 0 Å². The minimum Gasteiger partial charge on any atom is -0.497 e. The fourth-order valence-corrected chi connectivity index (χ4v) is 4.91. The van der Waals surface area contributed by atoms with E-state index < -0.39 is 0 Å². The van der Waals surface area contributed by atoms with Crippen LogP contribution in [0, 0.1) is 0 Å². The van der Waals surface area contributed by atoms with Crippen molar-refractivity contribution in [3.63, 3.8) is 0 Å². The van der Waals surface area contributed by atoms with Gasteiger partial charge < -0.3 is 18.9 Å². The Kier molecular flexibility index (Phi) is 5.95. The molecule has 0 aliphatic heterocycles. The highest BCUT2D eigenvalue weighted by Gasteiger charge is 2.27. The molecule has 0 saturated carbocycles. The molecular weight excluding hydrogens is 452 g/mol. The summed E-state index contributed by atoms with van der Waals surface area (Å²) in [5.41, 5.74) is 4.75. The van der Waals surface area contributed by atoms with E-state index in [-0.39, 0.29) is 0 Å². The molecule has 0 saturated heterocycles. The molecule has 1 aliphatic carbocycles. The standard InChI is InChI=1S/C25H26N4O4S/c1-30-14-9-11-19-18(13-14)26-24(16-10-12-20(31-2)22(33-4)21(16)32-3)29(19)23-15-7-6-8-17(15)27-25(28-23)34-5/h9-13H,6-8H2,1-5H3. The Morgan fingerprint density at radius 1 is 0.853 bits per heavy atom. The Hall–Kier alpha value is -3.46. The van der Waals surface area contributed by atoms with Gasteiger partial charge in [0.05, 0.1) is 50.7 Å². The number of aryl methyl sites for hydroxylation is 1. The second kappa shape index (κ2) is 9.06. The summed E-state index contributed by atoms with van der Waals surface area (Å²) in [6, 6.07) is 9.68. The second-order valence-corrected chi connectivity index (χ2v) is 8.59. The van der Waals surface area contributed by atoms with Gasteiger partial charge in [0, 0.05) is 11.6 Å². The SMILES string of the molecule is COc1ccc2c(c1)nc(-c1ccc(OC)c(OC)c1OC)n2-c1nc(SC)nc2c1CCC2. The van der Waals surface area contributed by atoms with Gasteiger partial charge in [-0.05, 0) is 49.8 Å².